The minimum atomic E-state index is -3.73. The van der Waals surface area contributed by atoms with Crippen LogP contribution in [0.3, 0.4) is 0 Å². The van der Waals surface area contributed by atoms with Gasteiger partial charge in [0, 0.05) is 25.3 Å². The van der Waals surface area contributed by atoms with Gasteiger partial charge in [0.2, 0.25) is 10.0 Å². The van der Waals surface area contributed by atoms with Gasteiger partial charge < -0.3 is 9.64 Å². The summed E-state index contributed by atoms with van der Waals surface area (Å²) in [7, 11) is -2.52. The van der Waals surface area contributed by atoms with Crippen molar-refractivity contribution in [1.82, 2.24) is 4.72 Å². The van der Waals surface area contributed by atoms with Crippen LogP contribution in [-0.4, -0.2) is 41.1 Å². The Kier molecular flexibility index (Phi) is 6.04. The van der Waals surface area contributed by atoms with Gasteiger partial charge in [-0.25, -0.2) is 17.9 Å². The van der Waals surface area contributed by atoms with E-state index in [9.17, 15) is 13.2 Å². The molecule has 0 aliphatic carbocycles. The molecule has 8 heteroatoms. The molecule has 0 fully saturated rings. The van der Waals surface area contributed by atoms with Crippen molar-refractivity contribution >= 4 is 33.3 Å². The van der Waals surface area contributed by atoms with Gasteiger partial charge in [0.15, 0.2) is 0 Å². The van der Waals surface area contributed by atoms with E-state index in [1.165, 1.54) is 36.6 Å². The van der Waals surface area contributed by atoms with Crippen LogP contribution in [0.4, 0.5) is 5.69 Å². The van der Waals surface area contributed by atoms with E-state index in [1.54, 1.807) is 0 Å². The molecule has 6 nitrogen and oxygen atoms in total. The number of fused-ring (bicyclic) bond motifs is 1. The van der Waals surface area contributed by atoms with E-state index in [0.29, 0.717) is 13.0 Å². The summed E-state index contributed by atoms with van der Waals surface area (Å²) in [5.41, 5.74) is 2.58. The maximum atomic E-state index is 12.5. The first-order valence-corrected chi connectivity index (χ1v) is 10.5. The molecule has 0 radical (unpaired) electrons. The quantitative estimate of drug-likeness (QED) is 0.563. The Morgan fingerprint density at radius 3 is 2.81 bits per heavy atom. The van der Waals surface area contributed by atoms with Crippen molar-refractivity contribution in [1.29, 1.82) is 0 Å². The monoisotopic (exact) mass is 408 g/mol. The van der Waals surface area contributed by atoms with Crippen molar-refractivity contribution < 1.29 is 17.9 Å². The van der Waals surface area contributed by atoms with Crippen molar-refractivity contribution in [2.45, 2.75) is 17.7 Å². The molecule has 0 saturated heterocycles. The van der Waals surface area contributed by atoms with Crippen LogP contribution in [0.2, 0.25) is 5.02 Å². The maximum Gasteiger partial charge on any atom is 0.339 e. The highest BCUT2D eigenvalue weighted by Gasteiger charge is 2.20. The standard InChI is InChI=1S/C19H21ClN2O4S/c1-26-19(23)16-13-15(7-8-17(16)20)27(24,25)21-10-4-11-22-12-9-14-5-2-3-6-18(14)22/h2-3,5-8,13,21H,4,9-12H2,1H3. The first kappa shape index (κ1) is 19.7. The number of methoxy groups -OCH3 is 1. The van der Waals surface area contributed by atoms with Crippen molar-refractivity contribution in [3.8, 4) is 0 Å². The lowest BCUT2D eigenvalue weighted by Crippen LogP contribution is -2.29. The number of para-hydroxylation sites is 1. The Bertz CT molecular complexity index is 946. The van der Waals surface area contributed by atoms with Crippen molar-refractivity contribution in [2.24, 2.45) is 0 Å². The van der Waals surface area contributed by atoms with E-state index in [0.717, 1.165) is 19.5 Å². The average molecular weight is 409 g/mol. The maximum absolute atomic E-state index is 12.5. The third kappa shape index (κ3) is 4.43. The number of carbonyl (C=O) groups is 1. The molecule has 0 atom stereocenters. The van der Waals surface area contributed by atoms with Crippen molar-refractivity contribution in [3.63, 3.8) is 0 Å². The molecule has 1 heterocycles. The number of hydrogen-bond donors (Lipinski definition) is 1. The zero-order chi connectivity index (χ0) is 19.4. The van der Waals surface area contributed by atoms with E-state index in [-0.39, 0.29) is 15.5 Å². The van der Waals surface area contributed by atoms with Gasteiger partial charge in [-0.15, -0.1) is 0 Å². The summed E-state index contributed by atoms with van der Waals surface area (Å²) >= 11 is 5.94. The lowest BCUT2D eigenvalue weighted by molar-refractivity contribution is 0.0600. The SMILES string of the molecule is COC(=O)c1cc(S(=O)(=O)NCCCN2CCc3ccccc32)ccc1Cl. The molecule has 0 saturated carbocycles. The van der Waals surface area contributed by atoms with Gasteiger partial charge in [0.05, 0.1) is 22.6 Å². The number of halogens is 1. The molecule has 1 aliphatic heterocycles. The molecule has 3 rings (SSSR count). The van der Waals surface area contributed by atoms with E-state index in [4.69, 9.17) is 11.6 Å². The van der Waals surface area contributed by atoms with Crippen molar-refractivity contribution in [2.75, 3.05) is 31.6 Å². The van der Waals surface area contributed by atoms with Gasteiger partial charge in [-0.3, -0.25) is 0 Å². The number of benzene rings is 2. The molecule has 144 valence electrons. The van der Waals surface area contributed by atoms with E-state index >= 15 is 0 Å². The molecule has 0 bridgehead atoms. The largest absolute Gasteiger partial charge is 0.465 e. The Morgan fingerprint density at radius 1 is 1.26 bits per heavy atom. The Labute approximate surface area is 164 Å². The zero-order valence-corrected chi connectivity index (χ0v) is 16.5. The third-order valence-electron chi connectivity index (χ3n) is 4.53. The Balaban J connectivity index is 1.59. The molecule has 2 aromatic carbocycles. The smallest absolute Gasteiger partial charge is 0.339 e. The minimum absolute atomic E-state index is 0.0150. The van der Waals surface area contributed by atoms with Crippen LogP contribution < -0.4 is 9.62 Å². The minimum Gasteiger partial charge on any atom is -0.465 e. The topological polar surface area (TPSA) is 75.7 Å². The van der Waals surface area contributed by atoms with Crippen LogP contribution in [0.5, 0.6) is 0 Å². The molecule has 2 aromatic rings. The fourth-order valence-corrected chi connectivity index (χ4v) is 4.43. The van der Waals surface area contributed by atoms with Gasteiger partial charge >= 0.3 is 5.97 Å². The second kappa shape index (κ2) is 8.29. The second-order valence-corrected chi connectivity index (χ2v) is 8.42. The fraction of sp³-hybridized carbons (Fsp3) is 0.316. The number of anilines is 1. The Hall–Kier alpha value is -2.09. The summed E-state index contributed by atoms with van der Waals surface area (Å²) in [4.78, 5) is 13.9. The van der Waals surface area contributed by atoms with Crippen molar-refractivity contribution in [3.05, 3.63) is 58.6 Å². The summed E-state index contributed by atoms with van der Waals surface area (Å²) in [5, 5.41) is 0.147. The Morgan fingerprint density at radius 2 is 2.04 bits per heavy atom. The van der Waals surface area contributed by atoms with Crippen LogP contribution in [-0.2, 0) is 21.2 Å². The van der Waals surface area contributed by atoms with Crippen LogP contribution in [0.15, 0.2) is 47.4 Å². The van der Waals surface area contributed by atoms with Crippen LogP contribution in [0.1, 0.15) is 22.3 Å². The molecular weight excluding hydrogens is 388 g/mol. The molecule has 0 unspecified atom stereocenters. The highest BCUT2D eigenvalue weighted by molar-refractivity contribution is 7.89. The molecule has 1 N–H and O–H groups in total. The average Bonchev–Trinajstić information content (AvgIpc) is 3.08. The summed E-state index contributed by atoms with van der Waals surface area (Å²) in [6.45, 7) is 2.02. The highest BCUT2D eigenvalue weighted by Crippen LogP contribution is 2.27. The lowest BCUT2D eigenvalue weighted by atomic mass is 10.2. The van der Waals surface area contributed by atoms with Gasteiger partial charge in [-0.2, -0.15) is 0 Å². The zero-order valence-electron chi connectivity index (χ0n) is 14.9. The molecule has 0 spiro atoms. The number of esters is 1. The number of nitrogens with one attached hydrogen (secondary N) is 1. The molecule has 0 amide bonds. The number of ether oxygens (including phenoxy) is 1. The van der Waals surface area contributed by atoms with Crippen LogP contribution in [0, 0.1) is 0 Å². The molecule has 0 aromatic heterocycles. The van der Waals surface area contributed by atoms with E-state index in [2.05, 4.69) is 26.5 Å². The number of nitrogens with zero attached hydrogens (tertiary/aromatic N) is 1. The van der Waals surface area contributed by atoms with Gasteiger partial charge in [0.25, 0.3) is 0 Å². The van der Waals surface area contributed by atoms with Gasteiger partial charge in [-0.1, -0.05) is 29.8 Å². The lowest BCUT2D eigenvalue weighted by Gasteiger charge is -2.19. The number of sulfonamides is 1. The molecule has 27 heavy (non-hydrogen) atoms. The number of rotatable bonds is 7. The van der Waals surface area contributed by atoms with Crippen LogP contribution in [0.25, 0.3) is 0 Å². The first-order valence-electron chi connectivity index (χ1n) is 8.63. The predicted molar refractivity (Wildman–Crippen MR) is 105 cm³/mol. The molecule has 1 aliphatic rings. The third-order valence-corrected chi connectivity index (χ3v) is 6.32. The van der Waals surface area contributed by atoms with E-state index in [1.807, 2.05) is 12.1 Å². The molecular formula is C19H21ClN2O4S. The number of hydrogen-bond acceptors (Lipinski definition) is 5. The fourth-order valence-electron chi connectivity index (χ4n) is 3.14. The van der Waals surface area contributed by atoms with E-state index < -0.39 is 16.0 Å². The number of carbonyl (C=O) groups excluding carboxylic acids is 1. The first-order chi connectivity index (χ1) is 12.9. The van der Waals surface area contributed by atoms with Gasteiger partial charge in [0.1, 0.15) is 0 Å². The second-order valence-electron chi connectivity index (χ2n) is 6.25. The normalized spacial score (nSPS) is 13.5. The summed E-state index contributed by atoms with van der Waals surface area (Å²) < 4.78 is 32.2. The van der Waals surface area contributed by atoms with Gasteiger partial charge in [-0.05, 0) is 42.7 Å². The van der Waals surface area contributed by atoms with Crippen LogP contribution >= 0.6 is 11.6 Å². The summed E-state index contributed by atoms with van der Waals surface area (Å²) in [6.07, 6.45) is 1.69. The summed E-state index contributed by atoms with van der Waals surface area (Å²) in [6, 6.07) is 12.2. The predicted octanol–water partition coefficient (Wildman–Crippen LogP) is 2.86. The highest BCUT2D eigenvalue weighted by atomic mass is 35.5. The summed E-state index contributed by atoms with van der Waals surface area (Å²) in [5.74, 6) is -0.676.